The molecule has 0 aromatic heterocycles. The third kappa shape index (κ3) is 4.61. The Morgan fingerprint density at radius 1 is 1.30 bits per heavy atom. The van der Waals surface area contributed by atoms with Gasteiger partial charge in [0.25, 0.3) is 5.91 Å². The average Bonchev–Trinajstić information content (AvgIpc) is 2.61. The van der Waals surface area contributed by atoms with Gasteiger partial charge in [0.2, 0.25) is 5.91 Å². The van der Waals surface area contributed by atoms with E-state index < -0.39 is 9.84 Å². The molecule has 1 aliphatic carbocycles. The van der Waals surface area contributed by atoms with E-state index >= 15 is 0 Å². The molecule has 8 heteroatoms. The molecule has 1 saturated carbocycles. The van der Waals surface area contributed by atoms with E-state index in [9.17, 15) is 18.0 Å². The van der Waals surface area contributed by atoms with Gasteiger partial charge in [-0.3, -0.25) is 9.59 Å². The maximum Gasteiger partial charge on any atom is 0.262 e. The summed E-state index contributed by atoms with van der Waals surface area (Å²) in [4.78, 5) is 23.8. The number of amides is 2. The second kappa shape index (κ2) is 7.88. The van der Waals surface area contributed by atoms with Gasteiger partial charge in [-0.2, -0.15) is 0 Å². The fraction of sp³-hybridized carbons (Fsp3) is 0.579. The zero-order valence-corrected chi connectivity index (χ0v) is 16.5. The number of hydrogen-bond donors (Lipinski definition) is 2. The van der Waals surface area contributed by atoms with Crippen LogP contribution in [-0.2, 0) is 19.4 Å². The summed E-state index contributed by atoms with van der Waals surface area (Å²) < 4.78 is 30.8. The first-order valence-corrected chi connectivity index (χ1v) is 11.0. The van der Waals surface area contributed by atoms with E-state index in [4.69, 9.17) is 4.74 Å². The minimum atomic E-state index is -3.64. The minimum absolute atomic E-state index is 0.0698. The summed E-state index contributed by atoms with van der Waals surface area (Å²) in [6.07, 6.45) is 4.25. The van der Waals surface area contributed by atoms with Gasteiger partial charge in [0.05, 0.1) is 16.3 Å². The number of nitrogens with one attached hydrogen (secondary N) is 2. The van der Waals surface area contributed by atoms with Gasteiger partial charge in [0.1, 0.15) is 5.75 Å². The van der Waals surface area contributed by atoms with Crippen molar-refractivity contribution in [1.82, 2.24) is 5.32 Å². The molecule has 7 nitrogen and oxygen atoms in total. The van der Waals surface area contributed by atoms with Gasteiger partial charge in [-0.1, -0.05) is 19.8 Å². The van der Waals surface area contributed by atoms with E-state index in [1.807, 2.05) is 0 Å². The number of carbonyl (C=O) groups excluding carboxylic acids is 2. The highest BCUT2D eigenvalue weighted by molar-refractivity contribution is 7.91. The number of rotatable bonds is 5. The number of carbonyl (C=O) groups is 2. The molecular weight excluding hydrogens is 368 g/mol. The van der Waals surface area contributed by atoms with E-state index in [1.54, 1.807) is 13.0 Å². The summed E-state index contributed by atoms with van der Waals surface area (Å²) >= 11 is 0. The van der Waals surface area contributed by atoms with Crippen LogP contribution >= 0.6 is 0 Å². The summed E-state index contributed by atoms with van der Waals surface area (Å²) in [6, 6.07) is 3.15. The lowest BCUT2D eigenvalue weighted by atomic mass is 9.86. The number of ether oxygens (including phenoxy) is 1. The van der Waals surface area contributed by atoms with Crippen LogP contribution in [0.2, 0.25) is 0 Å². The molecule has 0 spiro atoms. The van der Waals surface area contributed by atoms with E-state index in [-0.39, 0.29) is 41.5 Å². The van der Waals surface area contributed by atoms with E-state index in [0.29, 0.717) is 22.9 Å². The van der Waals surface area contributed by atoms with Gasteiger partial charge in [0, 0.05) is 18.5 Å². The largest absolute Gasteiger partial charge is 0.482 e. The van der Waals surface area contributed by atoms with Crippen molar-refractivity contribution in [1.29, 1.82) is 0 Å². The Morgan fingerprint density at radius 3 is 2.78 bits per heavy atom. The molecule has 3 rings (SSSR count). The number of aryl methyl sites for hydroxylation is 1. The second-order valence-electron chi connectivity index (χ2n) is 7.46. The smallest absolute Gasteiger partial charge is 0.262 e. The molecule has 1 heterocycles. The van der Waals surface area contributed by atoms with Gasteiger partial charge >= 0.3 is 0 Å². The molecule has 148 valence electrons. The number of anilines is 1. The van der Waals surface area contributed by atoms with Crippen LogP contribution in [0.15, 0.2) is 17.0 Å². The van der Waals surface area contributed by atoms with Crippen LogP contribution in [0.1, 0.15) is 44.6 Å². The Kier molecular flexibility index (Phi) is 5.74. The van der Waals surface area contributed by atoms with E-state index in [0.717, 1.165) is 19.3 Å². The number of hydrogen-bond acceptors (Lipinski definition) is 5. The van der Waals surface area contributed by atoms with Crippen molar-refractivity contribution >= 4 is 27.3 Å². The van der Waals surface area contributed by atoms with E-state index in [1.165, 1.54) is 12.5 Å². The summed E-state index contributed by atoms with van der Waals surface area (Å²) in [5.41, 5.74) is 0.979. The molecule has 0 radical (unpaired) electrons. The Hall–Kier alpha value is -2.09. The van der Waals surface area contributed by atoms with Crippen LogP contribution in [-0.4, -0.2) is 38.6 Å². The van der Waals surface area contributed by atoms with Crippen molar-refractivity contribution in [3.8, 4) is 5.75 Å². The molecule has 2 amide bonds. The Morgan fingerprint density at radius 2 is 2.04 bits per heavy atom. The molecule has 1 aromatic carbocycles. The SMILES string of the molecule is Cc1cc2c(cc1S(=O)(=O)CCC(=O)N[C@@H]1CCCC[C@@H]1C)OCC(=O)N2. The molecule has 0 saturated heterocycles. The first-order valence-electron chi connectivity index (χ1n) is 9.35. The fourth-order valence-corrected chi connectivity index (χ4v) is 5.21. The lowest BCUT2D eigenvalue weighted by Crippen LogP contribution is -2.41. The Balaban J connectivity index is 1.66. The van der Waals surface area contributed by atoms with Crippen LogP contribution < -0.4 is 15.4 Å². The second-order valence-corrected chi connectivity index (χ2v) is 9.53. The quantitative estimate of drug-likeness (QED) is 0.797. The van der Waals surface area contributed by atoms with E-state index in [2.05, 4.69) is 17.6 Å². The van der Waals surface area contributed by atoms with Crippen molar-refractivity contribution in [3.63, 3.8) is 0 Å². The van der Waals surface area contributed by atoms with Crippen molar-refractivity contribution < 1.29 is 22.7 Å². The zero-order valence-electron chi connectivity index (χ0n) is 15.7. The molecular formula is C19H26N2O5S. The maximum atomic E-state index is 12.7. The summed E-state index contributed by atoms with van der Waals surface area (Å²) in [6.45, 7) is 3.64. The standard InChI is InChI=1S/C19H26N2O5S/c1-12-5-3-4-6-14(12)20-18(22)7-8-27(24,25)17-10-16-15(9-13(17)2)21-19(23)11-26-16/h9-10,12,14H,3-8,11H2,1-2H3,(H,20,22)(H,21,23)/t12-,14+/m0/s1. The number of sulfone groups is 1. The predicted octanol–water partition coefficient (Wildman–Crippen LogP) is 2.18. The van der Waals surface area contributed by atoms with Crippen LogP contribution in [0.25, 0.3) is 0 Å². The first-order chi connectivity index (χ1) is 12.8. The molecule has 2 atom stereocenters. The molecule has 1 fully saturated rings. The van der Waals surface area contributed by atoms with Gasteiger partial charge in [-0.25, -0.2) is 8.42 Å². The van der Waals surface area contributed by atoms with Crippen molar-refractivity contribution in [2.24, 2.45) is 5.92 Å². The molecule has 2 aliphatic rings. The zero-order chi connectivity index (χ0) is 19.6. The van der Waals surface area contributed by atoms with Gasteiger partial charge in [-0.15, -0.1) is 0 Å². The molecule has 0 unspecified atom stereocenters. The van der Waals surface area contributed by atoms with Crippen LogP contribution in [0.4, 0.5) is 5.69 Å². The maximum absolute atomic E-state index is 12.7. The fourth-order valence-electron chi connectivity index (χ4n) is 3.70. The first kappa shape index (κ1) is 19.7. The topological polar surface area (TPSA) is 102 Å². The van der Waals surface area contributed by atoms with Crippen molar-refractivity contribution in [2.45, 2.75) is 56.9 Å². The normalized spacial score (nSPS) is 22.4. The lowest BCUT2D eigenvalue weighted by Gasteiger charge is -2.29. The third-order valence-corrected chi connectivity index (χ3v) is 7.15. The summed E-state index contributed by atoms with van der Waals surface area (Å²) in [7, 11) is -3.64. The van der Waals surface area contributed by atoms with Crippen LogP contribution in [0, 0.1) is 12.8 Å². The highest BCUT2D eigenvalue weighted by Crippen LogP contribution is 2.33. The highest BCUT2D eigenvalue weighted by Gasteiger charge is 2.26. The summed E-state index contributed by atoms with van der Waals surface area (Å²) in [5.74, 6) is 0.00253. The Bertz CT molecular complexity index is 850. The molecule has 2 N–H and O–H groups in total. The number of benzene rings is 1. The molecule has 1 aliphatic heterocycles. The minimum Gasteiger partial charge on any atom is -0.482 e. The lowest BCUT2D eigenvalue weighted by molar-refractivity contribution is -0.122. The van der Waals surface area contributed by atoms with Gasteiger partial charge in [0.15, 0.2) is 16.4 Å². The molecule has 1 aromatic rings. The Labute approximate surface area is 159 Å². The van der Waals surface area contributed by atoms with Crippen molar-refractivity contribution in [2.75, 3.05) is 17.7 Å². The summed E-state index contributed by atoms with van der Waals surface area (Å²) in [5, 5.41) is 5.64. The predicted molar refractivity (Wildman–Crippen MR) is 102 cm³/mol. The van der Waals surface area contributed by atoms with Gasteiger partial charge in [-0.05, 0) is 37.3 Å². The van der Waals surface area contributed by atoms with Crippen LogP contribution in [0.5, 0.6) is 5.75 Å². The highest BCUT2D eigenvalue weighted by atomic mass is 32.2. The van der Waals surface area contributed by atoms with Crippen molar-refractivity contribution in [3.05, 3.63) is 17.7 Å². The third-order valence-electron chi connectivity index (χ3n) is 5.30. The van der Waals surface area contributed by atoms with Crippen LogP contribution in [0.3, 0.4) is 0 Å². The molecule has 27 heavy (non-hydrogen) atoms. The average molecular weight is 394 g/mol. The van der Waals surface area contributed by atoms with Gasteiger partial charge < -0.3 is 15.4 Å². The number of fused-ring (bicyclic) bond motifs is 1. The molecule has 0 bridgehead atoms. The monoisotopic (exact) mass is 394 g/mol.